The van der Waals surface area contributed by atoms with E-state index < -0.39 is 6.04 Å². The van der Waals surface area contributed by atoms with Crippen LogP contribution in [-0.2, 0) is 16.0 Å². The maximum Gasteiger partial charge on any atom is 0.242 e. The third-order valence-electron chi connectivity index (χ3n) is 7.14. The SMILES string of the molecule is C[C@@H](C(=O)NC1CCCC1)N(CCc1ccccc1)C(=O)CC(c1ccccc1)c1ccccc1. The van der Waals surface area contributed by atoms with Crippen LogP contribution in [0, 0.1) is 0 Å². The van der Waals surface area contributed by atoms with E-state index in [0.29, 0.717) is 13.0 Å². The summed E-state index contributed by atoms with van der Waals surface area (Å²) in [7, 11) is 0. The van der Waals surface area contributed by atoms with E-state index in [9.17, 15) is 9.59 Å². The van der Waals surface area contributed by atoms with Gasteiger partial charge >= 0.3 is 0 Å². The van der Waals surface area contributed by atoms with Gasteiger partial charge in [-0.1, -0.05) is 104 Å². The summed E-state index contributed by atoms with van der Waals surface area (Å²) in [6, 6.07) is 30.2. The van der Waals surface area contributed by atoms with Gasteiger partial charge in [-0.25, -0.2) is 0 Å². The minimum Gasteiger partial charge on any atom is -0.352 e. The number of hydrogen-bond donors (Lipinski definition) is 1. The Kier molecular flexibility index (Phi) is 8.72. The van der Waals surface area contributed by atoms with Gasteiger partial charge < -0.3 is 10.2 Å². The van der Waals surface area contributed by atoms with E-state index in [1.165, 1.54) is 0 Å². The molecule has 1 aliphatic carbocycles. The van der Waals surface area contributed by atoms with Crippen LogP contribution < -0.4 is 5.32 Å². The Labute approximate surface area is 209 Å². The predicted octanol–water partition coefficient (Wildman–Crippen LogP) is 5.73. The molecule has 4 nitrogen and oxygen atoms in total. The van der Waals surface area contributed by atoms with Crippen molar-refractivity contribution in [1.29, 1.82) is 0 Å². The van der Waals surface area contributed by atoms with Gasteiger partial charge in [-0.2, -0.15) is 0 Å². The molecule has 0 aromatic heterocycles. The molecule has 1 fully saturated rings. The zero-order valence-electron chi connectivity index (χ0n) is 20.6. The first-order valence-corrected chi connectivity index (χ1v) is 12.9. The zero-order chi connectivity index (χ0) is 24.5. The number of hydrogen-bond acceptors (Lipinski definition) is 2. The van der Waals surface area contributed by atoms with Gasteiger partial charge in [0.25, 0.3) is 0 Å². The Balaban J connectivity index is 1.55. The van der Waals surface area contributed by atoms with Crippen molar-refractivity contribution in [2.75, 3.05) is 6.54 Å². The second-order valence-corrected chi connectivity index (χ2v) is 9.57. The van der Waals surface area contributed by atoms with Crippen LogP contribution >= 0.6 is 0 Å². The maximum atomic E-state index is 13.9. The molecule has 0 bridgehead atoms. The van der Waals surface area contributed by atoms with Gasteiger partial charge in [-0.05, 0) is 42.9 Å². The smallest absolute Gasteiger partial charge is 0.242 e. The average molecular weight is 469 g/mol. The predicted molar refractivity (Wildman–Crippen MR) is 141 cm³/mol. The van der Waals surface area contributed by atoms with E-state index in [4.69, 9.17) is 0 Å². The number of nitrogens with zero attached hydrogens (tertiary/aromatic N) is 1. The second kappa shape index (κ2) is 12.3. The van der Waals surface area contributed by atoms with Crippen molar-refractivity contribution in [3.05, 3.63) is 108 Å². The molecular formula is C31H36N2O2. The van der Waals surface area contributed by atoms with Crippen LogP contribution in [-0.4, -0.2) is 35.3 Å². The van der Waals surface area contributed by atoms with Gasteiger partial charge in [0.05, 0.1) is 0 Å². The number of amides is 2. The third-order valence-corrected chi connectivity index (χ3v) is 7.14. The number of carbonyl (C=O) groups excluding carboxylic acids is 2. The van der Waals surface area contributed by atoms with E-state index in [2.05, 4.69) is 41.7 Å². The molecule has 1 N–H and O–H groups in total. The van der Waals surface area contributed by atoms with Crippen molar-refractivity contribution in [3.8, 4) is 0 Å². The van der Waals surface area contributed by atoms with Crippen molar-refractivity contribution < 1.29 is 9.59 Å². The minimum absolute atomic E-state index is 0.00714. The second-order valence-electron chi connectivity index (χ2n) is 9.57. The largest absolute Gasteiger partial charge is 0.352 e. The average Bonchev–Trinajstić information content (AvgIpc) is 3.42. The van der Waals surface area contributed by atoms with Gasteiger partial charge in [0.15, 0.2) is 0 Å². The minimum atomic E-state index is -0.515. The topological polar surface area (TPSA) is 49.4 Å². The lowest BCUT2D eigenvalue weighted by Gasteiger charge is -2.31. The van der Waals surface area contributed by atoms with Gasteiger partial charge in [-0.3, -0.25) is 9.59 Å². The molecule has 2 amide bonds. The third kappa shape index (κ3) is 6.82. The van der Waals surface area contributed by atoms with Crippen molar-refractivity contribution >= 4 is 11.8 Å². The first-order chi connectivity index (χ1) is 17.1. The van der Waals surface area contributed by atoms with Crippen molar-refractivity contribution in [3.63, 3.8) is 0 Å². The molecule has 1 saturated carbocycles. The van der Waals surface area contributed by atoms with Gasteiger partial charge in [0.1, 0.15) is 6.04 Å². The van der Waals surface area contributed by atoms with Crippen LogP contribution in [0.3, 0.4) is 0 Å². The van der Waals surface area contributed by atoms with Crippen LogP contribution in [0.25, 0.3) is 0 Å². The molecule has 0 saturated heterocycles. The normalized spacial score (nSPS) is 14.6. The standard InChI is InChI=1S/C31H36N2O2/c1-24(31(35)32-28-19-11-12-20-28)33(22-21-25-13-5-2-6-14-25)30(34)23-29(26-15-7-3-8-16-26)27-17-9-4-10-18-27/h2-10,13-18,24,28-29H,11-12,19-23H2,1H3,(H,32,35)/t24-/m0/s1. The summed E-state index contributed by atoms with van der Waals surface area (Å²) < 4.78 is 0. The molecule has 3 aromatic carbocycles. The highest BCUT2D eigenvalue weighted by molar-refractivity contribution is 5.88. The highest BCUT2D eigenvalue weighted by Crippen LogP contribution is 2.29. The molecule has 4 rings (SSSR count). The lowest BCUT2D eigenvalue weighted by Crippen LogP contribution is -2.50. The molecule has 182 valence electrons. The summed E-state index contributed by atoms with van der Waals surface area (Å²) in [4.78, 5) is 28.8. The monoisotopic (exact) mass is 468 g/mol. The first kappa shape index (κ1) is 24.7. The van der Waals surface area contributed by atoms with Crippen LogP contribution in [0.1, 0.15) is 61.6 Å². The van der Waals surface area contributed by atoms with Crippen molar-refractivity contribution in [2.45, 2.75) is 63.5 Å². The molecule has 1 atom stereocenters. The van der Waals surface area contributed by atoms with Gasteiger partial charge in [0, 0.05) is 24.9 Å². The van der Waals surface area contributed by atoms with Crippen LogP contribution in [0.15, 0.2) is 91.0 Å². The zero-order valence-corrected chi connectivity index (χ0v) is 20.6. The Morgan fingerprint density at radius 2 is 1.34 bits per heavy atom. The quantitative estimate of drug-likeness (QED) is 0.413. The molecule has 0 spiro atoms. The Morgan fingerprint density at radius 3 is 1.89 bits per heavy atom. The fraction of sp³-hybridized carbons (Fsp3) is 0.355. The number of rotatable bonds is 10. The van der Waals surface area contributed by atoms with Crippen LogP contribution in [0.5, 0.6) is 0 Å². The Bertz CT molecular complexity index is 1020. The van der Waals surface area contributed by atoms with E-state index in [-0.39, 0.29) is 23.8 Å². The fourth-order valence-corrected chi connectivity index (χ4v) is 5.05. The van der Waals surface area contributed by atoms with Crippen LogP contribution in [0.4, 0.5) is 0 Å². The van der Waals surface area contributed by atoms with Crippen molar-refractivity contribution in [2.24, 2.45) is 0 Å². The summed E-state index contributed by atoms with van der Waals surface area (Å²) in [6.45, 7) is 2.38. The van der Waals surface area contributed by atoms with E-state index >= 15 is 0 Å². The van der Waals surface area contributed by atoms with E-state index in [1.807, 2.05) is 61.5 Å². The van der Waals surface area contributed by atoms with E-state index in [0.717, 1.165) is 48.8 Å². The number of carbonyl (C=O) groups is 2. The molecule has 0 aliphatic heterocycles. The summed E-state index contributed by atoms with van der Waals surface area (Å²) in [5.74, 6) is -0.101. The molecule has 0 radical (unpaired) electrons. The summed E-state index contributed by atoms with van der Waals surface area (Å²) in [5, 5.41) is 3.20. The molecule has 4 heteroatoms. The lowest BCUT2D eigenvalue weighted by molar-refractivity contribution is -0.140. The Hall–Kier alpha value is -3.40. The molecule has 3 aromatic rings. The molecule has 0 heterocycles. The lowest BCUT2D eigenvalue weighted by atomic mass is 9.88. The summed E-state index contributed by atoms with van der Waals surface area (Å²) >= 11 is 0. The molecule has 1 aliphatic rings. The first-order valence-electron chi connectivity index (χ1n) is 12.9. The van der Waals surface area contributed by atoms with Gasteiger partial charge in [-0.15, -0.1) is 0 Å². The highest BCUT2D eigenvalue weighted by Gasteiger charge is 2.30. The number of nitrogens with one attached hydrogen (secondary N) is 1. The van der Waals surface area contributed by atoms with Gasteiger partial charge in [0.2, 0.25) is 11.8 Å². The Morgan fingerprint density at radius 1 is 0.829 bits per heavy atom. The summed E-state index contributed by atoms with van der Waals surface area (Å²) in [6.07, 6.45) is 5.41. The van der Waals surface area contributed by atoms with E-state index in [1.54, 1.807) is 4.90 Å². The maximum absolute atomic E-state index is 13.9. The fourth-order valence-electron chi connectivity index (χ4n) is 5.05. The molecule has 0 unspecified atom stereocenters. The molecule has 35 heavy (non-hydrogen) atoms. The number of benzene rings is 3. The van der Waals surface area contributed by atoms with Crippen LogP contribution in [0.2, 0.25) is 0 Å². The van der Waals surface area contributed by atoms with Crippen molar-refractivity contribution in [1.82, 2.24) is 10.2 Å². The highest BCUT2D eigenvalue weighted by atomic mass is 16.2. The summed E-state index contributed by atoms with van der Waals surface area (Å²) in [5.41, 5.74) is 3.38. The molecular weight excluding hydrogens is 432 g/mol.